The number of pyridine rings is 1. The molecule has 1 heterocycles. The fourth-order valence-electron chi connectivity index (χ4n) is 9.15. The van der Waals surface area contributed by atoms with Crippen molar-refractivity contribution in [3.63, 3.8) is 0 Å². The number of aromatic nitrogens is 1. The molecule has 4 heteroatoms. The molecule has 7 aromatic rings. The number of nitrogens with zero attached hydrogens (tertiary/aromatic N) is 1. The summed E-state index contributed by atoms with van der Waals surface area (Å²) in [6.45, 7) is 30.4. The minimum Gasteiger partial charge on any atom is -0.512 e. The molecular formula is C52H62IrNO2-. The van der Waals surface area contributed by atoms with Gasteiger partial charge in [-0.1, -0.05) is 156 Å². The molecule has 0 fully saturated rings. The average molecular weight is 925 g/mol. The summed E-state index contributed by atoms with van der Waals surface area (Å²) in [5, 5.41) is 24.1. The van der Waals surface area contributed by atoms with Gasteiger partial charge in [-0.2, -0.15) is 0 Å². The first-order valence-corrected chi connectivity index (χ1v) is 20.4. The SMILES string of the molecule is CC(C)(C)c1ccc2c(c1)c1cc(C(C)(C)C)cc3c4cc5ccccc5[c-]c4c4nccc2c4c31.CC(C)C(C(=O)/C=C(\O)C(C(C)C)C(C)C)C(C)C.[Ir]. The fraction of sp³-hybridized carbons (Fsp3) is 0.423. The van der Waals surface area contributed by atoms with Gasteiger partial charge >= 0.3 is 0 Å². The van der Waals surface area contributed by atoms with Gasteiger partial charge in [0.1, 0.15) is 0 Å². The molecule has 0 unspecified atom stereocenters. The summed E-state index contributed by atoms with van der Waals surface area (Å²) in [5.74, 6) is 1.63. The number of ketones is 1. The van der Waals surface area contributed by atoms with Gasteiger partial charge in [-0.25, -0.2) is 0 Å². The minimum atomic E-state index is -0.0119. The van der Waals surface area contributed by atoms with Gasteiger partial charge in [-0.3, -0.25) is 9.78 Å². The molecule has 0 bridgehead atoms. The molecule has 6 aromatic carbocycles. The van der Waals surface area contributed by atoms with Crippen LogP contribution in [0.1, 0.15) is 108 Å². The van der Waals surface area contributed by atoms with E-state index < -0.39 is 0 Å². The summed E-state index contributed by atoms with van der Waals surface area (Å²) in [5.41, 5.74) is 3.89. The van der Waals surface area contributed by atoms with E-state index in [0.29, 0.717) is 23.7 Å². The Morgan fingerprint density at radius 2 is 1.18 bits per heavy atom. The number of hydrogen-bond donors (Lipinski definition) is 1. The third kappa shape index (κ3) is 8.12. The molecule has 7 rings (SSSR count). The van der Waals surface area contributed by atoms with Gasteiger partial charge in [0, 0.05) is 49.7 Å². The van der Waals surface area contributed by atoms with Gasteiger partial charge in [-0.15, -0.1) is 23.6 Å². The molecule has 0 saturated heterocycles. The third-order valence-electron chi connectivity index (χ3n) is 11.8. The van der Waals surface area contributed by atoms with Crippen molar-refractivity contribution in [2.45, 2.75) is 108 Å². The van der Waals surface area contributed by atoms with Crippen molar-refractivity contribution in [2.75, 3.05) is 0 Å². The van der Waals surface area contributed by atoms with Crippen LogP contribution in [0.15, 0.2) is 84.8 Å². The molecular weight excluding hydrogens is 863 g/mol. The zero-order valence-corrected chi connectivity index (χ0v) is 38.5. The number of fused-ring (bicyclic) bond motifs is 7. The Morgan fingerprint density at radius 3 is 1.75 bits per heavy atom. The van der Waals surface area contributed by atoms with Gasteiger partial charge in [0.15, 0.2) is 5.78 Å². The first kappa shape index (κ1) is 43.3. The van der Waals surface area contributed by atoms with Crippen LogP contribution < -0.4 is 0 Å². The molecule has 56 heavy (non-hydrogen) atoms. The summed E-state index contributed by atoms with van der Waals surface area (Å²) >= 11 is 0. The van der Waals surface area contributed by atoms with Crippen molar-refractivity contribution in [2.24, 2.45) is 35.5 Å². The van der Waals surface area contributed by atoms with Crippen molar-refractivity contribution in [3.8, 4) is 0 Å². The van der Waals surface area contributed by atoms with E-state index in [1.165, 1.54) is 65.7 Å². The van der Waals surface area contributed by atoms with Crippen LogP contribution >= 0.6 is 0 Å². The predicted molar refractivity (Wildman–Crippen MR) is 239 cm³/mol. The van der Waals surface area contributed by atoms with Crippen molar-refractivity contribution >= 4 is 70.5 Å². The van der Waals surface area contributed by atoms with Crippen molar-refractivity contribution in [1.82, 2.24) is 4.98 Å². The van der Waals surface area contributed by atoms with E-state index in [2.05, 4.69) is 170 Å². The Kier molecular flexibility index (Phi) is 12.5. The molecule has 0 saturated carbocycles. The van der Waals surface area contributed by atoms with E-state index in [1.807, 2.05) is 6.20 Å². The van der Waals surface area contributed by atoms with Crippen LogP contribution in [0.5, 0.6) is 0 Å². The summed E-state index contributed by atoms with van der Waals surface area (Å²) in [6.07, 6.45) is 3.46. The molecule has 0 spiro atoms. The Labute approximate surface area is 349 Å². The van der Waals surface area contributed by atoms with Crippen LogP contribution in [0.2, 0.25) is 0 Å². The zero-order chi connectivity index (χ0) is 40.3. The zero-order valence-electron chi connectivity index (χ0n) is 36.1. The normalized spacial score (nSPS) is 13.2. The van der Waals surface area contributed by atoms with E-state index in [1.54, 1.807) is 0 Å². The molecule has 0 aliphatic heterocycles. The van der Waals surface area contributed by atoms with Gasteiger partial charge in [0.05, 0.1) is 5.76 Å². The van der Waals surface area contributed by atoms with Crippen molar-refractivity contribution in [3.05, 3.63) is 102 Å². The molecule has 0 aliphatic carbocycles. The number of aliphatic hydroxyl groups excluding tert-OH is 1. The van der Waals surface area contributed by atoms with Crippen molar-refractivity contribution < 1.29 is 30.0 Å². The predicted octanol–water partition coefficient (Wildman–Crippen LogP) is 14.7. The molecule has 0 aliphatic rings. The number of aliphatic hydroxyl groups is 1. The van der Waals surface area contributed by atoms with E-state index in [9.17, 15) is 9.90 Å². The smallest absolute Gasteiger partial charge is 0.162 e. The quantitative estimate of drug-likeness (QED) is 0.0570. The van der Waals surface area contributed by atoms with Gasteiger partial charge in [-0.05, 0) is 95.5 Å². The van der Waals surface area contributed by atoms with Crippen LogP contribution in [-0.2, 0) is 35.7 Å². The number of allylic oxidation sites excluding steroid dienone is 2. The van der Waals surface area contributed by atoms with Crippen LogP contribution in [0.3, 0.4) is 0 Å². The molecule has 3 nitrogen and oxygen atoms in total. The standard InChI is InChI=1S/C35H30N.C17H32O2.Ir/c1-34(2,3)22-11-12-24-25-13-14-36-33-30-16-21-10-8-7-9-20(21)15-26(30)28-18-23(35(4,5)6)19-29(27(24)17-22)31(28)32(25)33;1-10(2)16(11(3)4)14(18)9-15(19)17(12(5)6)13(7)8;/h7-15,17-19H,1-6H3;9-13,16-18H,1-8H3;/q-1;;/b;14-9-;. The summed E-state index contributed by atoms with van der Waals surface area (Å²) in [7, 11) is 0. The van der Waals surface area contributed by atoms with Gasteiger partial charge in [0.2, 0.25) is 0 Å². The van der Waals surface area contributed by atoms with Crippen LogP contribution in [0.25, 0.3) is 64.8 Å². The molecule has 0 atom stereocenters. The first-order valence-electron chi connectivity index (χ1n) is 20.4. The second-order valence-electron chi connectivity index (χ2n) is 19.4. The number of rotatable bonds is 7. The Bertz CT molecular complexity index is 2540. The van der Waals surface area contributed by atoms with E-state index in [4.69, 9.17) is 4.98 Å². The second kappa shape index (κ2) is 16.2. The Balaban J connectivity index is 0.000000259. The maximum Gasteiger partial charge on any atom is 0.162 e. The van der Waals surface area contributed by atoms with E-state index >= 15 is 0 Å². The van der Waals surface area contributed by atoms with Gasteiger partial charge in [0.25, 0.3) is 0 Å². The first-order chi connectivity index (χ1) is 25.7. The maximum absolute atomic E-state index is 12.3. The molecule has 1 aromatic heterocycles. The van der Waals surface area contributed by atoms with Gasteiger partial charge < -0.3 is 5.11 Å². The number of carbonyl (C=O) groups excluding carboxylic acids is 1. The maximum atomic E-state index is 12.3. The summed E-state index contributed by atoms with van der Waals surface area (Å²) in [6, 6.07) is 28.8. The fourth-order valence-corrected chi connectivity index (χ4v) is 9.15. The largest absolute Gasteiger partial charge is 0.512 e. The molecule has 1 radical (unpaired) electrons. The monoisotopic (exact) mass is 925 g/mol. The molecule has 0 amide bonds. The van der Waals surface area contributed by atoms with Crippen LogP contribution in [-0.4, -0.2) is 15.9 Å². The topological polar surface area (TPSA) is 50.2 Å². The van der Waals surface area contributed by atoms with Crippen molar-refractivity contribution in [1.29, 1.82) is 0 Å². The number of hydrogen-bond acceptors (Lipinski definition) is 3. The second-order valence-corrected chi connectivity index (χ2v) is 19.4. The van der Waals surface area contributed by atoms with E-state index in [-0.39, 0.29) is 54.3 Å². The summed E-state index contributed by atoms with van der Waals surface area (Å²) in [4.78, 5) is 17.3. The minimum absolute atomic E-state index is 0. The summed E-state index contributed by atoms with van der Waals surface area (Å²) < 4.78 is 0. The Morgan fingerprint density at radius 1 is 0.625 bits per heavy atom. The number of carbonyl (C=O) groups is 1. The molecule has 297 valence electrons. The molecule has 1 N–H and O–H groups in total. The third-order valence-corrected chi connectivity index (χ3v) is 11.8. The Hall–Kier alpha value is -3.85. The van der Waals surface area contributed by atoms with Crippen LogP contribution in [0, 0.1) is 41.6 Å². The van der Waals surface area contributed by atoms with E-state index in [0.717, 1.165) is 16.3 Å². The van der Waals surface area contributed by atoms with Crippen LogP contribution in [0.4, 0.5) is 0 Å². The number of benzene rings is 6. The average Bonchev–Trinajstić information content (AvgIpc) is 3.08.